The van der Waals surface area contributed by atoms with E-state index in [1.54, 1.807) is 6.92 Å². The quantitative estimate of drug-likeness (QED) is 0.761. The first-order valence-electron chi connectivity index (χ1n) is 5.95. The zero-order valence-corrected chi connectivity index (χ0v) is 12.0. The summed E-state index contributed by atoms with van der Waals surface area (Å²) in [6, 6.07) is 0.197. The molecule has 0 aromatic heterocycles. The minimum Gasteiger partial charge on any atom is -0.352 e. The normalized spacial score (nSPS) is 17.9. The molecule has 0 rings (SSSR count). The van der Waals surface area contributed by atoms with Crippen molar-refractivity contribution in [1.29, 1.82) is 0 Å². The van der Waals surface area contributed by atoms with Gasteiger partial charge in [0.05, 0.1) is 5.54 Å². The first kappa shape index (κ1) is 18.1. The standard InChI is InChI=1S/C12H26N2O.ClH/c1-6-8-12(5,13)11(15)14-10(4)9(3)7-2;/h9-10H,6-8,13H2,1-5H3,(H,14,15);1H. The highest BCUT2D eigenvalue weighted by Gasteiger charge is 2.28. The number of nitrogens with two attached hydrogens (primary N) is 1. The molecule has 3 nitrogen and oxygen atoms in total. The van der Waals surface area contributed by atoms with Crippen molar-refractivity contribution in [1.82, 2.24) is 5.32 Å². The van der Waals surface area contributed by atoms with Crippen LogP contribution in [-0.4, -0.2) is 17.5 Å². The number of amides is 1. The zero-order valence-electron chi connectivity index (χ0n) is 11.2. The van der Waals surface area contributed by atoms with Crippen molar-refractivity contribution in [3.63, 3.8) is 0 Å². The fourth-order valence-electron chi connectivity index (χ4n) is 1.50. The molecule has 0 fully saturated rings. The summed E-state index contributed by atoms with van der Waals surface area (Å²) >= 11 is 0. The second kappa shape index (κ2) is 7.91. The summed E-state index contributed by atoms with van der Waals surface area (Å²) in [5.41, 5.74) is 5.22. The average Bonchev–Trinajstić information content (AvgIpc) is 2.16. The second-order valence-electron chi connectivity index (χ2n) is 4.82. The maximum atomic E-state index is 11.8. The smallest absolute Gasteiger partial charge is 0.240 e. The lowest BCUT2D eigenvalue weighted by molar-refractivity contribution is -0.127. The van der Waals surface area contributed by atoms with Gasteiger partial charge in [0.15, 0.2) is 0 Å². The van der Waals surface area contributed by atoms with Crippen molar-refractivity contribution in [2.45, 2.75) is 65.5 Å². The molecule has 0 aliphatic rings. The molecule has 16 heavy (non-hydrogen) atoms. The molecule has 3 N–H and O–H groups in total. The third-order valence-corrected chi connectivity index (χ3v) is 3.14. The van der Waals surface area contributed by atoms with Gasteiger partial charge in [-0.1, -0.05) is 33.6 Å². The fourth-order valence-corrected chi connectivity index (χ4v) is 1.50. The molecule has 0 aliphatic carbocycles. The van der Waals surface area contributed by atoms with Gasteiger partial charge in [-0.05, 0) is 26.2 Å². The molecule has 3 atom stereocenters. The van der Waals surface area contributed by atoms with Gasteiger partial charge >= 0.3 is 0 Å². The van der Waals surface area contributed by atoms with Crippen molar-refractivity contribution >= 4 is 18.3 Å². The monoisotopic (exact) mass is 250 g/mol. The Morgan fingerprint density at radius 3 is 2.25 bits per heavy atom. The molecule has 0 saturated heterocycles. The number of hydrogen-bond acceptors (Lipinski definition) is 2. The first-order chi connectivity index (χ1) is 6.85. The van der Waals surface area contributed by atoms with Crippen LogP contribution in [-0.2, 0) is 4.79 Å². The Morgan fingerprint density at radius 2 is 1.88 bits per heavy atom. The van der Waals surface area contributed by atoms with Gasteiger partial charge in [0, 0.05) is 6.04 Å². The van der Waals surface area contributed by atoms with Gasteiger partial charge in [0.2, 0.25) is 5.91 Å². The van der Waals surface area contributed by atoms with Gasteiger partial charge in [-0.25, -0.2) is 0 Å². The maximum absolute atomic E-state index is 11.8. The van der Waals surface area contributed by atoms with Crippen LogP contribution < -0.4 is 11.1 Å². The maximum Gasteiger partial charge on any atom is 0.240 e. The highest BCUT2D eigenvalue weighted by atomic mass is 35.5. The van der Waals surface area contributed by atoms with Crippen LogP contribution in [0.25, 0.3) is 0 Å². The Kier molecular flexibility index (Phi) is 8.94. The van der Waals surface area contributed by atoms with Crippen LogP contribution in [0, 0.1) is 5.92 Å². The largest absolute Gasteiger partial charge is 0.352 e. The number of carbonyl (C=O) groups excluding carboxylic acids is 1. The molecule has 98 valence electrons. The lowest BCUT2D eigenvalue weighted by Gasteiger charge is -2.27. The predicted octanol–water partition coefficient (Wildman–Crippen LogP) is 2.48. The summed E-state index contributed by atoms with van der Waals surface area (Å²) in [4.78, 5) is 11.8. The molecule has 0 heterocycles. The number of carbonyl (C=O) groups is 1. The summed E-state index contributed by atoms with van der Waals surface area (Å²) in [6.45, 7) is 10.1. The topological polar surface area (TPSA) is 55.1 Å². The van der Waals surface area contributed by atoms with E-state index in [9.17, 15) is 4.79 Å². The van der Waals surface area contributed by atoms with E-state index in [-0.39, 0.29) is 24.4 Å². The summed E-state index contributed by atoms with van der Waals surface area (Å²) in [6.07, 6.45) is 2.72. The number of rotatable bonds is 6. The molecular weight excluding hydrogens is 224 g/mol. The fraction of sp³-hybridized carbons (Fsp3) is 0.917. The highest BCUT2D eigenvalue weighted by Crippen LogP contribution is 2.12. The third-order valence-electron chi connectivity index (χ3n) is 3.14. The van der Waals surface area contributed by atoms with E-state index < -0.39 is 5.54 Å². The lowest BCUT2D eigenvalue weighted by Crippen LogP contribution is -2.54. The van der Waals surface area contributed by atoms with Crippen molar-refractivity contribution in [3.8, 4) is 0 Å². The summed E-state index contributed by atoms with van der Waals surface area (Å²) in [5, 5.41) is 2.99. The van der Waals surface area contributed by atoms with Gasteiger partial charge in [-0.2, -0.15) is 0 Å². The van der Waals surface area contributed by atoms with Gasteiger partial charge in [0.1, 0.15) is 0 Å². The minimum absolute atomic E-state index is 0. The van der Waals surface area contributed by atoms with E-state index >= 15 is 0 Å². The van der Waals surface area contributed by atoms with E-state index in [0.717, 1.165) is 19.3 Å². The Labute approximate surface area is 106 Å². The first-order valence-corrected chi connectivity index (χ1v) is 5.95. The SMILES string of the molecule is CCCC(C)(N)C(=O)NC(C)C(C)CC.Cl. The molecule has 0 bridgehead atoms. The van der Waals surface area contributed by atoms with Gasteiger partial charge < -0.3 is 11.1 Å². The molecule has 0 aromatic rings. The average molecular weight is 251 g/mol. The van der Waals surface area contributed by atoms with Gasteiger partial charge in [-0.15, -0.1) is 12.4 Å². The van der Waals surface area contributed by atoms with Crippen LogP contribution >= 0.6 is 12.4 Å². The highest BCUT2D eigenvalue weighted by molar-refractivity contribution is 5.86. The lowest BCUT2D eigenvalue weighted by atomic mass is 9.94. The Bertz CT molecular complexity index is 207. The molecule has 0 aromatic carbocycles. The van der Waals surface area contributed by atoms with Crippen molar-refractivity contribution in [2.75, 3.05) is 0 Å². The Balaban J connectivity index is 0. The predicted molar refractivity (Wildman–Crippen MR) is 71.8 cm³/mol. The minimum atomic E-state index is -0.726. The molecule has 0 saturated carbocycles. The van der Waals surface area contributed by atoms with Gasteiger partial charge in [-0.3, -0.25) is 4.79 Å². The third kappa shape index (κ3) is 5.71. The van der Waals surface area contributed by atoms with E-state index in [1.165, 1.54) is 0 Å². The van der Waals surface area contributed by atoms with Gasteiger partial charge in [0.25, 0.3) is 0 Å². The van der Waals surface area contributed by atoms with Crippen LogP contribution in [0.1, 0.15) is 53.9 Å². The van der Waals surface area contributed by atoms with Crippen molar-refractivity contribution < 1.29 is 4.79 Å². The molecule has 4 heteroatoms. The molecule has 0 radical (unpaired) electrons. The van der Waals surface area contributed by atoms with E-state index in [2.05, 4.69) is 19.2 Å². The Hall–Kier alpha value is -0.280. The molecule has 0 spiro atoms. The molecule has 0 aliphatic heterocycles. The van der Waals surface area contributed by atoms with Crippen LogP contribution in [0.2, 0.25) is 0 Å². The molecule has 3 unspecified atom stereocenters. The number of nitrogens with one attached hydrogen (secondary N) is 1. The van der Waals surface area contributed by atoms with E-state index in [1.807, 2.05) is 13.8 Å². The number of hydrogen-bond donors (Lipinski definition) is 2. The van der Waals surface area contributed by atoms with Crippen LogP contribution in [0.4, 0.5) is 0 Å². The summed E-state index contributed by atoms with van der Waals surface area (Å²) < 4.78 is 0. The van der Waals surface area contributed by atoms with Crippen LogP contribution in [0.15, 0.2) is 0 Å². The van der Waals surface area contributed by atoms with E-state index in [0.29, 0.717) is 5.92 Å². The van der Waals surface area contributed by atoms with Crippen molar-refractivity contribution in [3.05, 3.63) is 0 Å². The summed E-state index contributed by atoms with van der Waals surface area (Å²) in [5.74, 6) is 0.462. The van der Waals surface area contributed by atoms with Crippen LogP contribution in [0.5, 0.6) is 0 Å². The zero-order chi connectivity index (χ0) is 12.1. The van der Waals surface area contributed by atoms with Crippen LogP contribution in [0.3, 0.4) is 0 Å². The number of halogens is 1. The molecular formula is C12H27ClN2O. The van der Waals surface area contributed by atoms with E-state index in [4.69, 9.17) is 5.73 Å². The Morgan fingerprint density at radius 1 is 1.38 bits per heavy atom. The summed E-state index contributed by atoms with van der Waals surface area (Å²) in [7, 11) is 0. The molecule has 1 amide bonds. The van der Waals surface area contributed by atoms with Crippen molar-refractivity contribution in [2.24, 2.45) is 11.7 Å². The second-order valence-corrected chi connectivity index (χ2v) is 4.82.